The van der Waals surface area contributed by atoms with E-state index >= 15 is 0 Å². The fourth-order valence-electron chi connectivity index (χ4n) is 3.72. The monoisotopic (exact) mass is 342 g/mol. The zero-order valence-corrected chi connectivity index (χ0v) is 14.8. The highest BCUT2D eigenvalue weighted by Gasteiger charge is 2.30. The number of hydrogen-bond donors (Lipinski definition) is 0. The molecule has 2 aromatic rings. The van der Waals surface area contributed by atoms with Gasteiger partial charge in [-0.25, -0.2) is 4.98 Å². The molecule has 1 atom stereocenters. The summed E-state index contributed by atoms with van der Waals surface area (Å²) < 4.78 is 7.65. The molecule has 0 radical (unpaired) electrons. The second-order valence-corrected chi connectivity index (χ2v) is 7.56. The minimum Gasteiger partial charge on any atom is -0.468 e. The van der Waals surface area contributed by atoms with Crippen molar-refractivity contribution in [2.24, 2.45) is 11.8 Å². The van der Waals surface area contributed by atoms with Crippen molar-refractivity contribution in [2.75, 3.05) is 20.1 Å². The van der Waals surface area contributed by atoms with E-state index in [1.54, 1.807) is 6.26 Å². The summed E-state index contributed by atoms with van der Waals surface area (Å²) in [7, 11) is 2.11. The van der Waals surface area contributed by atoms with E-state index in [1.807, 2.05) is 29.4 Å². The highest BCUT2D eigenvalue weighted by Crippen LogP contribution is 2.33. The smallest absolute Gasteiger partial charge is 0.223 e. The summed E-state index contributed by atoms with van der Waals surface area (Å²) >= 11 is 0. The van der Waals surface area contributed by atoms with Gasteiger partial charge in [0.1, 0.15) is 11.6 Å². The number of furan rings is 1. The summed E-state index contributed by atoms with van der Waals surface area (Å²) in [6.45, 7) is 4.06. The van der Waals surface area contributed by atoms with Crippen LogP contribution in [-0.2, 0) is 24.4 Å². The van der Waals surface area contributed by atoms with Crippen molar-refractivity contribution < 1.29 is 9.21 Å². The normalized spacial score (nSPS) is 20.6. The van der Waals surface area contributed by atoms with Crippen LogP contribution in [0, 0.1) is 11.8 Å². The summed E-state index contributed by atoms with van der Waals surface area (Å²) in [6, 6.07) is 3.92. The largest absolute Gasteiger partial charge is 0.468 e. The van der Waals surface area contributed by atoms with Gasteiger partial charge in [-0.15, -0.1) is 0 Å². The molecule has 6 nitrogen and oxygen atoms in total. The van der Waals surface area contributed by atoms with Gasteiger partial charge in [-0.2, -0.15) is 0 Å². The van der Waals surface area contributed by atoms with E-state index in [9.17, 15) is 4.79 Å². The number of nitrogens with zero attached hydrogens (tertiary/aromatic N) is 4. The summed E-state index contributed by atoms with van der Waals surface area (Å²) in [5, 5.41) is 0. The number of rotatable bonds is 6. The fraction of sp³-hybridized carbons (Fsp3) is 0.579. The van der Waals surface area contributed by atoms with Gasteiger partial charge >= 0.3 is 0 Å². The molecule has 25 heavy (non-hydrogen) atoms. The molecule has 1 saturated carbocycles. The first-order valence-corrected chi connectivity index (χ1v) is 9.16. The van der Waals surface area contributed by atoms with E-state index < -0.39 is 0 Å². The molecular formula is C19H26N4O2. The van der Waals surface area contributed by atoms with Crippen LogP contribution >= 0.6 is 0 Å². The maximum Gasteiger partial charge on any atom is 0.223 e. The summed E-state index contributed by atoms with van der Waals surface area (Å²) in [6.07, 6.45) is 8.71. The lowest BCUT2D eigenvalue weighted by Gasteiger charge is -2.27. The number of amides is 1. The van der Waals surface area contributed by atoms with Gasteiger partial charge < -0.3 is 13.9 Å². The molecule has 0 saturated heterocycles. The predicted octanol–water partition coefficient (Wildman–Crippen LogP) is 2.37. The molecule has 0 spiro atoms. The van der Waals surface area contributed by atoms with Crippen molar-refractivity contribution in [1.82, 2.24) is 19.4 Å². The highest BCUT2D eigenvalue weighted by molar-refractivity contribution is 5.76. The molecule has 0 bridgehead atoms. The second kappa shape index (κ2) is 7.04. The molecule has 2 aliphatic rings. The number of aromatic nitrogens is 2. The first-order chi connectivity index (χ1) is 12.2. The van der Waals surface area contributed by atoms with E-state index in [-0.39, 0.29) is 5.91 Å². The van der Waals surface area contributed by atoms with Crippen LogP contribution < -0.4 is 0 Å². The van der Waals surface area contributed by atoms with Gasteiger partial charge in [0.25, 0.3) is 0 Å². The molecule has 2 aromatic heterocycles. The third-order valence-electron chi connectivity index (χ3n) is 5.16. The Hall–Kier alpha value is -2.08. The SMILES string of the molecule is CN(Cc1ccco1)C[C@@H]1CN(C(=O)CC2CC2)Cc2nccn2C1. The van der Waals surface area contributed by atoms with E-state index in [4.69, 9.17) is 4.42 Å². The zero-order chi connectivity index (χ0) is 17.2. The summed E-state index contributed by atoms with van der Waals surface area (Å²) in [5.41, 5.74) is 0. The maximum absolute atomic E-state index is 12.7. The van der Waals surface area contributed by atoms with Crippen molar-refractivity contribution in [2.45, 2.75) is 38.9 Å². The molecule has 134 valence electrons. The molecular weight excluding hydrogens is 316 g/mol. The van der Waals surface area contributed by atoms with E-state index in [0.717, 1.165) is 37.8 Å². The van der Waals surface area contributed by atoms with Gasteiger partial charge in [0, 0.05) is 44.4 Å². The molecule has 1 aliphatic heterocycles. The first-order valence-electron chi connectivity index (χ1n) is 9.16. The highest BCUT2D eigenvalue weighted by atomic mass is 16.3. The lowest BCUT2D eigenvalue weighted by atomic mass is 10.1. The third kappa shape index (κ3) is 4.12. The van der Waals surface area contributed by atoms with Gasteiger partial charge in [-0.3, -0.25) is 9.69 Å². The van der Waals surface area contributed by atoms with Crippen LogP contribution in [0.2, 0.25) is 0 Å². The molecule has 3 heterocycles. The van der Waals surface area contributed by atoms with Crippen LogP contribution in [0.4, 0.5) is 0 Å². The number of carbonyl (C=O) groups is 1. The van der Waals surface area contributed by atoms with Crippen LogP contribution in [0.5, 0.6) is 0 Å². The van der Waals surface area contributed by atoms with Crippen molar-refractivity contribution >= 4 is 5.91 Å². The van der Waals surface area contributed by atoms with Crippen LogP contribution in [0.15, 0.2) is 35.2 Å². The average molecular weight is 342 g/mol. The van der Waals surface area contributed by atoms with Gasteiger partial charge in [0.15, 0.2) is 0 Å². The quantitative estimate of drug-likeness (QED) is 0.809. The lowest BCUT2D eigenvalue weighted by molar-refractivity contribution is -0.132. The van der Waals surface area contributed by atoms with Crippen LogP contribution in [0.25, 0.3) is 0 Å². The Morgan fingerprint density at radius 3 is 3.00 bits per heavy atom. The van der Waals surface area contributed by atoms with E-state index in [2.05, 4.69) is 21.5 Å². The number of hydrogen-bond acceptors (Lipinski definition) is 4. The zero-order valence-electron chi connectivity index (χ0n) is 14.8. The summed E-state index contributed by atoms with van der Waals surface area (Å²) in [4.78, 5) is 21.4. The minimum atomic E-state index is 0.289. The van der Waals surface area contributed by atoms with Crippen LogP contribution in [0.1, 0.15) is 30.8 Å². The molecule has 0 N–H and O–H groups in total. The van der Waals surface area contributed by atoms with Crippen molar-refractivity contribution in [1.29, 1.82) is 0 Å². The molecule has 1 amide bonds. The number of carbonyl (C=O) groups excluding carboxylic acids is 1. The Balaban J connectivity index is 1.43. The first kappa shape index (κ1) is 16.4. The Morgan fingerprint density at radius 2 is 2.24 bits per heavy atom. The average Bonchev–Trinajstić information content (AvgIpc) is 3.10. The molecule has 4 rings (SSSR count). The predicted molar refractivity (Wildman–Crippen MR) is 93.5 cm³/mol. The van der Waals surface area contributed by atoms with Crippen molar-refractivity contribution in [3.8, 4) is 0 Å². The van der Waals surface area contributed by atoms with Crippen molar-refractivity contribution in [3.05, 3.63) is 42.4 Å². The van der Waals surface area contributed by atoms with Gasteiger partial charge in [0.2, 0.25) is 5.91 Å². The summed E-state index contributed by atoms with van der Waals surface area (Å²) in [5.74, 6) is 3.27. The fourth-order valence-corrected chi connectivity index (χ4v) is 3.72. The number of fused-ring (bicyclic) bond motifs is 1. The number of imidazole rings is 1. The molecule has 0 unspecified atom stereocenters. The van der Waals surface area contributed by atoms with Gasteiger partial charge in [-0.1, -0.05) is 0 Å². The van der Waals surface area contributed by atoms with E-state index in [1.165, 1.54) is 12.8 Å². The Kier molecular flexibility index (Phi) is 4.61. The second-order valence-electron chi connectivity index (χ2n) is 7.56. The van der Waals surface area contributed by atoms with E-state index in [0.29, 0.717) is 24.8 Å². The molecule has 1 fully saturated rings. The van der Waals surface area contributed by atoms with Crippen LogP contribution in [0.3, 0.4) is 0 Å². The van der Waals surface area contributed by atoms with Gasteiger partial charge in [0.05, 0.1) is 19.4 Å². The Bertz CT molecular complexity index is 705. The standard InChI is InChI=1S/C19H26N4O2/c1-21(13-17-3-2-8-25-17)10-16-11-22-7-6-20-18(22)14-23(12-16)19(24)9-15-4-5-15/h2-3,6-8,15-16H,4-5,9-14H2,1H3/t16-/m0/s1. The van der Waals surface area contributed by atoms with Gasteiger partial charge in [-0.05, 0) is 37.9 Å². The van der Waals surface area contributed by atoms with Crippen molar-refractivity contribution in [3.63, 3.8) is 0 Å². The molecule has 1 aliphatic carbocycles. The molecule has 6 heteroatoms. The maximum atomic E-state index is 12.7. The third-order valence-corrected chi connectivity index (χ3v) is 5.16. The minimum absolute atomic E-state index is 0.289. The Labute approximate surface area is 148 Å². The Morgan fingerprint density at radius 1 is 1.36 bits per heavy atom. The lowest BCUT2D eigenvalue weighted by Crippen LogP contribution is -2.38. The topological polar surface area (TPSA) is 54.5 Å². The molecule has 0 aromatic carbocycles. The van der Waals surface area contributed by atoms with Crippen LogP contribution in [-0.4, -0.2) is 45.4 Å².